The second-order valence-electron chi connectivity index (χ2n) is 4.12. The zero-order chi connectivity index (χ0) is 13.8. The lowest BCUT2D eigenvalue weighted by Gasteiger charge is -1.97. The molecule has 3 nitrogen and oxygen atoms in total. The van der Waals surface area contributed by atoms with Crippen molar-refractivity contribution < 1.29 is 8.91 Å². The molecule has 1 aromatic heterocycles. The first kappa shape index (κ1) is 12.9. The number of aromatic nitrogens is 2. The lowest BCUT2D eigenvalue weighted by Crippen LogP contribution is -1.82. The van der Waals surface area contributed by atoms with Crippen LogP contribution in [0.3, 0.4) is 0 Å². The average Bonchev–Trinajstić information content (AvgIpc) is 2.97. The fraction of sp³-hybridized carbons (Fsp3) is 0.0667. The van der Waals surface area contributed by atoms with Crippen LogP contribution in [0.1, 0.15) is 5.89 Å². The van der Waals surface area contributed by atoms with E-state index in [4.69, 9.17) is 4.52 Å². The van der Waals surface area contributed by atoms with Gasteiger partial charge in [-0.3, -0.25) is 0 Å². The first-order valence-electron chi connectivity index (χ1n) is 6.07. The predicted octanol–water partition coefficient (Wildman–Crippen LogP) is 4.17. The van der Waals surface area contributed by atoms with Crippen molar-refractivity contribution in [2.45, 2.75) is 10.6 Å². The van der Waals surface area contributed by atoms with Crippen LogP contribution in [0.15, 0.2) is 64.0 Å². The van der Waals surface area contributed by atoms with Gasteiger partial charge in [0.25, 0.3) is 0 Å². The molecule has 5 heteroatoms. The maximum absolute atomic E-state index is 12.8. The summed E-state index contributed by atoms with van der Waals surface area (Å²) >= 11 is 1.53. The van der Waals surface area contributed by atoms with Gasteiger partial charge in [0.1, 0.15) is 5.82 Å². The molecule has 1 heterocycles. The van der Waals surface area contributed by atoms with Crippen LogP contribution in [0, 0.1) is 5.82 Å². The van der Waals surface area contributed by atoms with Crippen molar-refractivity contribution in [1.29, 1.82) is 0 Å². The molecule has 20 heavy (non-hydrogen) atoms. The number of rotatable bonds is 4. The van der Waals surface area contributed by atoms with Gasteiger partial charge in [-0.2, -0.15) is 4.98 Å². The Bertz CT molecular complexity index is 683. The highest BCUT2D eigenvalue weighted by molar-refractivity contribution is 7.98. The molecule has 0 fully saturated rings. The lowest BCUT2D eigenvalue weighted by atomic mass is 10.2. The Balaban J connectivity index is 1.67. The molecule has 0 atom stereocenters. The Labute approximate surface area is 119 Å². The maximum atomic E-state index is 12.8. The van der Waals surface area contributed by atoms with Gasteiger partial charge in [0.2, 0.25) is 11.7 Å². The van der Waals surface area contributed by atoms with Crippen molar-refractivity contribution in [3.63, 3.8) is 0 Å². The van der Waals surface area contributed by atoms with E-state index in [-0.39, 0.29) is 5.82 Å². The normalized spacial score (nSPS) is 10.7. The van der Waals surface area contributed by atoms with Gasteiger partial charge in [0.15, 0.2) is 0 Å². The Kier molecular flexibility index (Phi) is 3.78. The summed E-state index contributed by atoms with van der Waals surface area (Å²) < 4.78 is 18.0. The molecule has 0 bridgehead atoms. The SMILES string of the molecule is Fc1ccc(SCc2nc(-c3ccccc3)no2)cc1. The van der Waals surface area contributed by atoms with E-state index in [1.807, 2.05) is 30.3 Å². The van der Waals surface area contributed by atoms with Crippen LogP contribution >= 0.6 is 11.8 Å². The van der Waals surface area contributed by atoms with Crippen LogP contribution in [0.5, 0.6) is 0 Å². The molecular formula is C15H11FN2OS. The molecule has 3 rings (SSSR count). The third-order valence-corrected chi connectivity index (χ3v) is 3.67. The minimum absolute atomic E-state index is 0.237. The largest absolute Gasteiger partial charge is 0.338 e. The molecule has 2 aromatic carbocycles. The van der Waals surface area contributed by atoms with E-state index in [1.165, 1.54) is 23.9 Å². The minimum atomic E-state index is -0.237. The first-order valence-corrected chi connectivity index (χ1v) is 7.06. The third-order valence-electron chi connectivity index (χ3n) is 2.68. The topological polar surface area (TPSA) is 38.9 Å². The van der Waals surface area contributed by atoms with E-state index in [2.05, 4.69) is 10.1 Å². The van der Waals surface area contributed by atoms with Gasteiger partial charge < -0.3 is 4.52 Å². The average molecular weight is 286 g/mol. The number of thioether (sulfide) groups is 1. The van der Waals surface area contributed by atoms with Gasteiger partial charge in [-0.05, 0) is 24.3 Å². The van der Waals surface area contributed by atoms with E-state index in [0.29, 0.717) is 17.5 Å². The van der Waals surface area contributed by atoms with Crippen molar-refractivity contribution in [2.24, 2.45) is 0 Å². The standard InChI is InChI=1S/C15H11FN2OS/c16-12-6-8-13(9-7-12)20-10-14-17-15(18-19-14)11-4-2-1-3-5-11/h1-9H,10H2. The number of nitrogens with zero attached hydrogens (tertiary/aromatic N) is 2. The predicted molar refractivity (Wildman–Crippen MR) is 75.7 cm³/mol. The quantitative estimate of drug-likeness (QED) is 0.675. The number of hydrogen-bond donors (Lipinski definition) is 0. The number of hydrogen-bond acceptors (Lipinski definition) is 4. The lowest BCUT2D eigenvalue weighted by molar-refractivity contribution is 0.391. The van der Waals surface area contributed by atoms with Crippen LogP contribution in [0.4, 0.5) is 4.39 Å². The van der Waals surface area contributed by atoms with Crippen molar-refractivity contribution in [3.05, 3.63) is 66.3 Å². The second kappa shape index (κ2) is 5.88. The summed E-state index contributed by atoms with van der Waals surface area (Å²) in [6.45, 7) is 0. The Morgan fingerprint density at radius 3 is 2.50 bits per heavy atom. The fourth-order valence-electron chi connectivity index (χ4n) is 1.69. The number of benzene rings is 2. The van der Waals surface area contributed by atoms with E-state index in [1.54, 1.807) is 12.1 Å². The molecular weight excluding hydrogens is 275 g/mol. The molecule has 0 saturated carbocycles. The highest BCUT2D eigenvalue weighted by Gasteiger charge is 2.08. The summed E-state index contributed by atoms with van der Waals surface area (Å²) in [6.07, 6.45) is 0. The Hall–Kier alpha value is -2.14. The Morgan fingerprint density at radius 1 is 1.00 bits per heavy atom. The summed E-state index contributed by atoms with van der Waals surface area (Å²) in [6, 6.07) is 16.0. The van der Waals surface area contributed by atoms with Crippen molar-refractivity contribution in [2.75, 3.05) is 0 Å². The van der Waals surface area contributed by atoms with Crippen molar-refractivity contribution in [3.8, 4) is 11.4 Å². The summed E-state index contributed by atoms with van der Waals surface area (Å²) in [4.78, 5) is 5.30. The summed E-state index contributed by atoms with van der Waals surface area (Å²) in [5.41, 5.74) is 0.925. The van der Waals surface area contributed by atoms with Gasteiger partial charge in [-0.1, -0.05) is 35.5 Å². The van der Waals surface area contributed by atoms with E-state index >= 15 is 0 Å². The molecule has 0 saturated heterocycles. The highest BCUT2D eigenvalue weighted by Crippen LogP contribution is 2.23. The minimum Gasteiger partial charge on any atom is -0.338 e. The van der Waals surface area contributed by atoms with Crippen LogP contribution in [-0.4, -0.2) is 10.1 Å². The zero-order valence-electron chi connectivity index (χ0n) is 10.5. The smallest absolute Gasteiger partial charge is 0.237 e. The van der Waals surface area contributed by atoms with Crippen molar-refractivity contribution >= 4 is 11.8 Å². The molecule has 0 unspecified atom stereocenters. The molecule has 0 aliphatic carbocycles. The highest BCUT2D eigenvalue weighted by atomic mass is 32.2. The van der Waals surface area contributed by atoms with Gasteiger partial charge in [-0.15, -0.1) is 11.8 Å². The van der Waals surface area contributed by atoms with E-state index < -0.39 is 0 Å². The molecule has 3 aromatic rings. The van der Waals surface area contributed by atoms with Gasteiger partial charge in [0.05, 0.1) is 5.75 Å². The molecule has 0 aliphatic heterocycles. The van der Waals surface area contributed by atoms with Crippen LogP contribution < -0.4 is 0 Å². The molecule has 0 aliphatic rings. The first-order chi connectivity index (χ1) is 9.81. The zero-order valence-corrected chi connectivity index (χ0v) is 11.3. The third kappa shape index (κ3) is 3.05. The molecule has 0 N–H and O–H groups in total. The number of halogens is 1. The maximum Gasteiger partial charge on any atom is 0.237 e. The van der Waals surface area contributed by atoms with Gasteiger partial charge in [0, 0.05) is 10.5 Å². The fourth-order valence-corrected chi connectivity index (χ4v) is 2.43. The molecule has 0 spiro atoms. The molecule has 100 valence electrons. The van der Waals surface area contributed by atoms with Crippen LogP contribution in [0.25, 0.3) is 11.4 Å². The van der Waals surface area contributed by atoms with Crippen molar-refractivity contribution in [1.82, 2.24) is 10.1 Å². The van der Waals surface area contributed by atoms with E-state index in [9.17, 15) is 4.39 Å². The monoisotopic (exact) mass is 286 g/mol. The van der Waals surface area contributed by atoms with Gasteiger partial charge in [-0.25, -0.2) is 4.39 Å². The molecule has 0 radical (unpaired) electrons. The summed E-state index contributed by atoms with van der Waals surface area (Å²) in [5, 5.41) is 3.95. The van der Waals surface area contributed by atoms with Crippen LogP contribution in [-0.2, 0) is 5.75 Å². The summed E-state index contributed by atoms with van der Waals surface area (Å²) in [7, 11) is 0. The van der Waals surface area contributed by atoms with Gasteiger partial charge >= 0.3 is 0 Å². The summed E-state index contributed by atoms with van der Waals surface area (Å²) in [5.74, 6) is 1.46. The van der Waals surface area contributed by atoms with Crippen LogP contribution in [0.2, 0.25) is 0 Å². The Morgan fingerprint density at radius 2 is 1.75 bits per heavy atom. The van der Waals surface area contributed by atoms with E-state index in [0.717, 1.165) is 10.5 Å². The second-order valence-corrected chi connectivity index (χ2v) is 5.17. The molecule has 0 amide bonds.